The number of amides is 4. The van der Waals surface area contributed by atoms with Crippen molar-refractivity contribution in [3.8, 4) is 0 Å². The molecule has 2 saturated heterocycles. The van der Waals surface area contributed by atoms with Crippen molar-refractivity contribution < 1.29 is 24.3 Å². The van der Waals surface area contributed by atoms with Crippen LogP contribution >= 0.6 is 0 Å². The Balaban J connectivity index is 1.41. The van der Waals surface area contributed by atoms with E-state index in [9.17, 15) is 24.3 Å². The zero-order valence-electron chi connectivity index (χ0n) is 24.2. The first-order valence-corrected chi connectivity index (χ1v) is 14.6. The molecule has 2 N–H and O–H groups in total. The van der Waals surface area contributed by atoms with Crippen LogP contribution < -0.4 is 5.32 Å². The molecule has 0 bridgehead atoms. The number of piperazine rings is 1. The van der Waals surface area contributed by atoms with Crippen molar-refractivity contribution in [2.24, 2.45) is 0 Å². The fourth-order valence-corrected chi connectivity index (χ4v) is 6.08. The number of carboxylic acids is 1. The molecule has 3 aromatic carbocycles. The van der Waals surface area contributed by atoms with Gasteiger partial charge < -0.3 is 20.2 Å². The first kappa shape index (κ1) is 29.8. The summed E-state index contributed by atoms with van der Waals surface area (Å²) in [7, 11) is 1.67. The van der Waals surface area contributed by atoms with E-state index >= 15 is 0 Å². The number of aliphatic carboxylic acids is 1. The van der Waals surface area contributed by atoms with Gasteiger partial charge in [0.2, 0.25) is 11.8 Å². The number of hydrogen-bond acceptors (Lipinski definition) is 5. The number of carbonyl (C=O) groups excluding carboxylic acids is 3. The fraction of sp³-hybridized carbons (Fsp3) is 0.333. The van der Waals surface area contributed by atoms with Crippen LogP contribution in [0.2, 0.25) is 0 Å². The fourth-order valence-electron chi connectivity index (χ4n) is 6.08. The number of hydrazine groups is 1. The molecule has 0 aliphatic carbocycles. The molecule has 10 heteroatoms. The zero-order valence-corrected chi connectivity index (χ0v) is 24.2. The second-order valence-electron chi connectivity index (χ2n) is 11.0. The molecule has 10 nitrogen and oxygen atoms in total. The lowest BCUT2D eigenvalue weighted by Gasteiger charge is -2.54. The summed E-state index contributed by atoms with van der Waals surface area (Å²) >= 11 is 0. The normalized spacial score (nSPS) is 19.0. The summed E-state index contributed by atoms with van der Waals surface area (Å²) in [4.78, 5) is 55.5. The number of nitrogens with zero attached hydrogens (tertiary/aromatic N) is 4. The maximum Gasteiger partial charge on any atom is 0.334 e. The van der Waals surface area contributed by atoms with Crippen molar-refractivity contribution in [1.29, 1.82) is 0 Å². The van der Waals surface area contributed by atoms with E-state index in [0.717, 1.165) is 16.7 Å². The van der Waals surface area contributed by atoms with E-state index in [1.54, 1.807) is 17.0 Å². The van der Waals surface area contributed by atoms with E-state index in [2.05, 4.69) is 29.6 Å². The van der Waals surface area contributed by atoms with Crippen LogP contribution in [-0.2, 0) is 20.9 Å². The Bertz CT molecular complexity index is 1380. The Hall–Kier alpha value is -4.70. The third kappa shape index (κ3) is 6.86. The van der Waals surface area contributed by atoms with Crippen LogP contribution in [0.5, 0.6) is 0 Å². The number of hydrogen-bond donors (Lipinski definition) is 2. The summed E-state index contributed by atoms with van der Waals surface area (Å²) in [6.45, 7) is 0.688. The summed E-state index contributed by atoms with van der Waals surface area (Å²) in [5.74, 6) is -1.63. The van der Waals surface area contributed by atoms with Gasteiger partial charge in [0.05, 0.1) is 13.1 Å². The lowest BCUT2D eigenvalue weighted by Crippen LogP contribution is -2.76. The van der Waals surface area contributed by atoms with Gasteiger partial charge in [0.15, 0.2) is 0 Å². The summed E-state index contributed by atoms with van der Waals surface area (Å²) < 4.78 is 0. The van der Waals surface area contributed by atoms with Gasteiger partial charge >= 0.3 is 12.0 Å². The molecular weight excluding hydrogens is 546 g/mol. The second kappa shape index (κ2) is 13.5. The monoisotopic (exact) mass is 583 g/mol. The van der Waals surface area contributed by atoms with Crippen molar-refractivity contribution in [3.63, 3.8) is 0 Å². The highest BCUT2D eigenvalue weighted by molar-refractivity contribution is 5.91. The SMILES string of the molecule is CN1CC(=O)N2[C@@H](CCC(=O)O)C(=O)N(CCC(c3ccccc3)c3ccccc3)C[C@@H]2N1C(=O)NCc1ccccc1. The van der Waals surface area contributed by atoms with Crippen molar-refractivity contribution in [1.82, 2.24) is 25.1 Å². The molecule has 0 saturated carbocycles. The number of carbonyl (C=O) groups is 4. The predicted molar refractivity (Wildman–Crippen MR) is 160 cm³/mol. The quantitative estimate of drug-likeness (QED) is 0.378. The van der Waals surface area contributed by atoms with Crippen LogP contribution in [0.4, 0.5) is 4.79 Å². The maximum atomic E-state index is 13.9. The number of fused-ring (bicyclic) bond motifs is 1. The Labute approximate surface area is 251 Å². The minimum absolute atomic E-state index is 0.0200. The molecule has 0 spiro atoms. The van der Waals surface area contributed by atoms with Crippen LogP contribution in [0.3, 0.4) is 0 Å². The Morgan fingerprint density at radius 2 is 1.49 bits per heavy atom. The highest BCUT2D eigenvalue weighted by Gasteiger charge is 2.50. The van der Waals surface area contributed by atoms with Gasteiger partial charge in [0, 0.05) is 32.5 Å². The molecule has 3 aromatic rings. The summed E-state index contributed by atoms with van der Waals surface area (Å²) in [6, 6.07) is 28.3. The molecule has 0 unspecified atom stereocenters. The average Bonchev–Trinajstić information content (AvgIpc) is 3.01. The minimum atomic E-state index is -1.05. The number of benzene rings is 3. The van der Waals surface area contributed by atoms with E-state index in [1.807, 2.05) is 66.7 Å². The van der Waals surface area contributed by atoms with Crippen LogP contribution in [0.1, 0.15) is 41.9 Å². The number of rotatable bonds is 10. The van der Waals surface area contributed by atoms with Crippen LogP contribution in [0.15, 0.2) is 91.0 Å². The minimum Gasteiger partial charge on any atom is -0.481 e. The van der Waals surface area contributed by atoms with E-state index in [4.69, 9.17) is 0 Å². The molecule has 2 atom stereocenters. The third-order valence-corrected chi connectivity index (χ3v) is 8.16. The Morgan fingerprint density at radius 1 is 0.907 bits per heavy atom. The molecule has 2 aliphatic rings. The first-order chi connectivity index (χ1) is 20.8. The lowest BCUT2D eigenvalue weighted by atomic mass is 9.88. The molecule has 2 aliphatic heterocycles. The first-order valence-electron chi connectivity index (χ1n) is 14.6. The van der Waals surface area contributed by atoms with Crippen molar-refractivity contribution in [3.05, 3.63) is 108 Å². The van der Waals surface area contributed by atoms with Gasteiger partial charge in [-0.25, -0.2) is 14.8 Å². The highest BCUT2D eigenvalue weighted by atomic mass is 16.4. The van der Waals surface area contributed by atoms with Gasteiger partial charge in [0.1, 0.15) is 12.2 Å². The number of urea groups is 1. The second-order valence-corrected chi connectivity index (χ2v) is 11.0. The standard InChI is InChI=1S/C33H37N5O5/c1-35-23-30(39)37-28(17-18-31(40)41)32(42)36(22-29(37)38(35)33(43)34-21-24-11-5-2-6-12-24)20-19-27(25-13-7-3-8-14-25)26-15-9-4-10-16-26/h2-16,27-29H,17-23H2,1H3,(H,34,43)(H,40,41)/t28-,29-/m0/s1. The molecule has 0 radical (unpaired) electrons. The molecule has 43 heavy (non-hydrogen) atoms. The number of nitrogens with one attached hydrogen (secondary N) is 1. The predicted octanol–water partition coefficient (Wildman–Crippen LogP) is 3.51. The summed E-state index contributed by atoms with van der Waals surface area (Å²) in [5, 5.41) is 15.4. The molecule has 224 valence electrons. The summed E-state index contributed by atoms with van der Waals surface area (Å²) in [5.41, 5.74) is 3.17. The van der Waals surface area contributed by atoms with Crippen molar-refractivity contribution in [2.45, 2.75) is 43.9 Å². The lowest BCUT2D eigenvalue weighted by molar-refractivity contribution is -0.187. The molecule has 0 aromatic heterocycles. The van der Waals surface area contributed by atoms with Gasteiger partial charge in [-0.2, -0.15) is 0 Å². The molecule has 2 fully saturated rings. The highest BCUT2D eigenvalue weighted by Crippen LogP contribution is 2.31. The Morgan fingerprint density at radius 3 is 2.07 bits per heavy atom. The maximum absolute atomic E-state index is 13.9. The number of likely N-dealkylation sites (N-methyl/N-ethyl adjacent to an activating group) is 1. The largest absolute Gasteiger partial charge is 0.481 e. The van der Waals surface area contributed by atoms with Crippen LogP contribution in [0, 0.1) is 0 Å². The van der Waals surface area contributed by atoms with Gasteiger partial charge in [-0.3, -0.25) is 14.4 Å². The van der Waals surface area contributed by atoms with Crippen LogP contribution in [-0.4, -0.2) is 87.6 Å². The van der Waals surface area contributed by atoms with Gasteiger partial charge in [-0.1, -0.05) is 91.0 Å². The van der Waals surface area contributed by atoms with Crippen molar-refractivity contribution >= 4 is 23.8 Å². The molecular formula is C33H37N5O5. The van der Waals surface area contributed by atoms with E-state index in [1.165, 1.54) is 9.91 Å². The van der Waals surface area contributed by atoms with Crippen LogP contribution in [0.25, 0.3) is 0 Å². The third-order valence-electron chi connectivity index (χ3n) is 8.16. The topological polar surface area (TPSA) is 114 Å². The van der Waals surface area contributed by atoms with Gasteiger partial charge in [-0.05, 0) is 29.5 Å². The average molecular weight is 584 g/mol. The molecule has 4 amide bonds. The molecule has 2 heterocycles. The Kier molecular flexibility index (Phi) is 9.36. The summed E-state index contributed by atoms with van der Waals surface area (Å²) in [6.07, 6.45) is -0.461. The zero-order chi connectivity index (χ0) is 30.3. The van der Waals surface area contributed by atoms with E-state index in [-0.39, 0.29) is 43.7 Å². The van der Waals surface area contributed by atoms with Crippen molar-refractivity contribution in [2.75, 3.05) is 26.7 Å². The smallest absolute Gasteiger partial charge is 0.334 e. The van der Waals surface area contributed by atoms with E-state index < -0.39 is 24.2 Å². The van der Waals surface area contributed by atoms with Gasteiger partial charge in [0.25, 0.3) is 0 Å². The van der Waals surface area contributed by atoms with Gasteiger partial charge in [-0.15, -0.1) is 0 Å². The number of carboxylic acid groups (broad SMARTS) is 1. The molecule has 5 rings (SSSR count). The van der Waals surface area contributed by atoms with E-state index in [0.29, 0.717) is 19.5 Å².